The molecule has 0 saturated carbocycles. The summed E-state index contributed by atoms with van der Waals surface area (Å²) in [5, 5.41) is 10.8. The van der Waals surface area contributed by atoms with E-state index < -0.39 is 24.7 Å². The molecule has 29 heavy (non-hydrogen) atoms. The molecule has 0 aliphatic heterocycles. The number of nitrogens with zero attached hydrogens (tertiary/aromatic N) is 4. The molecule has 1 atom stereocenters. The average Bonchev–Trinajstić information content (AvgIpc) is 3.08. The number of nitrogens with one attached hydrogen (secondary N) is 1. The molecule has 152 valence electrons. The first kappa shape index (κ1) is 20.3. The Morgan fingerprint density at radius 3 is 2.55 bits per heavy atom. The van der Waals surface area contributed by atoms with E-state index in [1.807, 2.05) is 30.3 Å². The second-order valence-electron chi connectivity index (χ2n) is 6.30. The molecule has 0 aliphatic carbocycles. The van der Waals surface area contributed by atoms with Crippen LogP contribution in [0.5, 0.6) is 5.88 Å². The first-order chi connectivity index (χ1) is 13.7. The second kappa shape index (κ2) is 8.29. The van der Waals surface area contributed by atoms with E-state index in [0.717, 1.165) is 5.69 Å². The van der Waals surface area contributed by atoms with Crippen LogP contribution in [0.1, 0.15) is 34.7 Å². The zero-order valence-electron chi connectivity index (χ0n) is 15.6. The van der Waals surface area contributed by atoms with E-state index in [2.05, 4.69) is 25.3 Å². The predicted octanol–water partition coefficient (Wildman–Crippen LogP) is 3.40. The largest absolute Gasteiger partial charge is 0.468 e. The number of hydrogen-bond donors (Lipinski definition) is 1. The number of aromatic nitrogens is 4. The minimum atomic E-state index is -4.43. The molecule has 3 rings (SSSR count). The summed E-state index contributed by atoms with van der Waals surface area (Å²) in [7, 11) is 0. The summed E-state index contributed by atoms with van der Waals surface area (Å²) in [6.07, 6.45) is -3.08. The standard InChI is InChI=1S/C19H18F3N5O2/c1-12(14-8-9-16(23-10-14)29-11-19(20,21)22)24-18(28)17-13(2)27(26-25-17)15-6-4-3-5-7-15/h3-10,12H,11H2,1-2H3,(H,24,28). The van der Waals surface area contributed by atoms with Crippen molar-refractivity contribution in [2.24, 2.45) is 0 Å². The summed E-state index contributed by atoms with van der Waals surface area (Å²) in [6, 6.07) is 11.7. The summed E-state index contributed by atoms with van der Waals surface area (Å²) in [5.41, 5.74) is 2.14. The van der Waals surface area contributed by atoms with Crippen molar-refractivity contribution in [3.05, 3.63) is 65.6 Å². The molecule has 7 nitrogen and oxygen atoms in total. The van der Waals surface area contributed by atoms with Crippen molar-refractivity contribution < 1.29 is 22.7 Å². The summed E-state index contributed by atoms with van der Waals surface area (Å²) >= 11 is 0. The Labute approximate surface area is 164 Å². The summed E-state index contributed by atoms with van der Waals surface area (Å²) in [5.74, 6) is -0.569. The predicted molar refractivity (Wildman–Crippen MR) is 97.8 cm³/mol. The third-order valence-electron chi connectivity index (χ3n) is 4.10. The monoisotopic (exact) mass is 405 g/mol. The maximum atomic E-state index is 12.6. The van der Waals surface area contributed by atoms with Crippen LogP contribution in [0.4, 0.5) is 13.2 Å². The van der Waals surface area contributed by atoms with Crippen LogP contribution >= 0.6 is 0 Å². The lowest BCUT2D eigenvalue weighted by Gasteiger charge is -2.14. The van der Waals surface area contributed by atoms with Crippen LogP contribution in [0.3, 0.4) is 0 Å². The molecule has 1 aromatic carbocycles. The maximum Gasteiger partial charge on any atom is 0.422 e. The lowest BCUT2D eigenvalue weighted by Crippen LogP contribution is -2.27. The van der Waals surface area contributed by atoms with Crippen LogP contribution < -0.4 is 10.1 Å². The van der Waals surface area contributed by atoms with Crippen molar-refractivity contribution in [3.8, 4) is 11.6 Å². The minimum Gasteiger partial charge on any atom is -0.468 e. The van der Waals surface area contributed by atoms with Crippen LogP contribution in [-0.2, 0) is 0 Å². The number of carbonyl (C=O) groups excluding carboxylic acids is 1. The van der Waals surface area contributed by atoms with Crippen LogP contribution in [0, 0.1) is 6.92 Å². The van der Waals surface area contributed by atoms with Gasteiger partial charge in [-0.2, -0.15) is 13.2 Å². The highest BCUT2D eigenvalue weighted by atomic mass is 19.4. The van der Waals surface area contributed by atoms with E-state index in [0.29, 0.717) is 11.3 Å². The van der Waals surface area contributed by atoms with Gasteiger partial charge in [-0.05, 0) is 31.5 Å². The van der Waals surface area contributed by atoms with Gasteiger partial charge in [-0.25, -0.2) is 9.67 Å². The zero-order valence-corrected chi connectivity index (χ0v) is 15.6. The molecule has 3 aromatic rings. The number of amides is 1. The molecule has 0 spiro atoms. The first-order valence-corrected chi connectivity index (χ1v) is 8.68. The number of rotatable bonds is 6. The third-order valence-corrected chi connectivity index (χ3v) is 4.10. The van der Waals surface area contributed by atoms with Crippen LogP contribution in [0.2, 0.25) is 0 Å². The fourth-order valence-electron chi connectivity index (χ4n) is 2.59. The van der Waals surface area contributed by atoms with Crippen LogP contribution in [-0.4, -0.2) is 38.7 Å². The number of hydrogen-bond acceptors (Lipinski definition) is 5. The molecule has 0 bridgehead atoms. The van der Waals surface area contributed by atoms with Crippen molar-refractivity contribution >= 4 is 5.91 Å². The molecular formula is C19H18F3N5O2. The molecule has 10 heteroatoms. The van der Waals surface area contributed by atoms with E-state index in [-0.39, 0.29) is 11.6 Å². The second-order valence-corrected chi connectivity index (χ2v) is 6.30. The Balaban J connectivity index is 1.66. The number of alkyl halides is 3. The molecule has 1 amide bonds. The zero-order chi connectivity index (χ0) is 21.0. The van der Waals surface area contributed by atoms with Gasteiger partial charge in [0.25, 0.3) is 5.91 Å². The highest BCUT2D eigenvalue weighted by Crippen LogP contribution is 2.19. The quantitative estimate of drug-likeness (QED) is 0.680. The number of halogens is 3. The Bertz CT molecular complexity index is 972. The number of ether oxygens (including phenoxy) is 1. The smallest absolute Gasteiger partial charge is 0.422 e. The van der Waals surface area contributed by atoms with Crippen molar-refractivity contribution in [2.45, 2.75) is 26.1 Å². The summed E-state index contributed by atoms with van der Waals surface area (Å²) < 4.78 is 42.7. The van der Waals surface area contributed by atoms with Gasteiger partial charge < -0.3 is 10.1 Å². The minimum absolute atomic E-state index is 0.147. The third kappa shape index (κ3) is 5.09. The fourth-order valence-corrected chi connectivity index (χ4v) is 2.59. The molecule has 2 aromatic heterocycles. The van der Waals surface area contributed by atoms with Gasteiger partial charge in [0.15, 0.2) is 12.3 Å². The molecule has 2 heterocycles. The highest BCUT2D eigenvalue weighted by molar-refractivity contribution is 5.93. The van der Waals surface area contributed by atoms with Gasteiger partial charge in [-0.1, -0.05) is 29.5 Å². The Kier molecular flexibility index (Phi) is 5.81. The number of pyridine rings is 1. The Morgan fingerprint density at radius 2 is 1.93 bits per heavy atom. The molecule has 0 aliphatic rings. The average molecular weight is 405 g/mol. The van der Waals surface area contributed by atoms with Crippen LogP contribution in [0.15, 0.2) is 48.7 Å². The maximum absolute atomic E-state index is 12.6. The van der Waals surface area contributed by atoms with Crippen LogP contribution in [0.25, 0.3) is 5.69 Å². The molecule has 1 N–H and O–H groups in total. The van der Waals surface area contributed by atoms with E-state index in [9.17, 15) is 18.0 Å². The van der Waals surface area contributed by atoms with Gasteiger partial charge in [0.05, 0.1) is 17.4 Å². The van der Waals surface area contributed by atoms with Crippen molar-refractivity contribution in [1.29, 1.82) is 0 Å². The van der Waals surface area contributed by atoms with Gasteiger partial charge in [0.2, 0.25) is 5.88 Å². The topological polar surface area (TPSA) is 81.9 Å². The Hall–Kier alpha value is -3.43. The molecule has 0 fully saturated rings. The van der Waals surface area contributed by atoms with E-state index in [4.69, 9.17) is 0 Å². The molecule has 1 unspecified atom stereocenters. The summed E-state index contributed by atoms with van der Waals surface area (Å²) in [6.45, 7) is 2.05. The van der Waals surface area contributed by atoms with Gasteiger partial charge in [0.1, 0.15) is 0 Å². The molecule has 0 radical (unpaired) electrons. The number of benzene rings is 1. The van der Waals surface area contributed by atoms with E-state index in [1.54, 1.807) is 18.5 Å². The van der Waals surface area contributed by atoms with Gasteiger partial charge >= 0.3 is 6.18 Å². The van der Waals surface area contributed by atoms with Crippen molar-refractivity contribution in [2.75, 3.05) is 6.61 Å². The van der Waals surface area contributed by atoms with Gasteiger partial charge in [-0.15, -0.1) is 5.10 Å². The van der Waals surface area contributed by atoms with Gasteiger partial charge in [-0.3, -0.25) is 4.79 Å². The lowest BCUT2D eigenvalue weighted by atomic mass is 10.1. The van der Waals surface area contributed by atoms with Gasteiger partial charge in [0, 0.05) is 12.3 Å². The number of para-hydroxylation sites is 1. The molecular weight excluding hydrogens is 387 g/mol. The number of carbonyl (C=O) groups is 1. The molecule has 0 saturated heterocycles. The van der Waals surface area contributed by atoms with E-state index >= 15 is 0 Å². The first-order valence-electron chi connectivity index (χ1n) is 8.68. The summed E-state index contributed by atoms with van der Waals surface area (Å²) in [4.78, 5) is 16.4. The fraction of sp³-hybridized carbons (Fsp3) is 0.263. The Morgan fingerprint density at radius 1 is 1.21 bits per heavy atom. The van der Waals surface area contributed by atoms with E-state index in [1.165, 1.54) is 18.3 Å². The normalized spacial score (nSPS) is 12.4. The van der Waals surface area contributed by atoms with Crippen molar-refractivity contribution in [3.63, 3.8) is 0 Å². The van der Waals surface area contributed by atoms with Crippen molar-refractivity contribution in [1.82, 2.24) is 25.3 Å². The lowest BCUT2D eigenvalue weighted by molar-refractivity contribution is -0.154. The SMILES string of the molecule is Cc1c(C(=O)NC(C)c2ccc(OCC(F)(F)F)nc2)nnn1-c1ccccc1. The highest BCUT2D eigenvalue weighted by Gasteiger charge is 2.28.